The van der Waals surface area contributed by atoms with E-state index in [1.807, 2.05) is 6.92 Å². The molecule has 2 N–H and O–H groups in total. The molecule has 0 aliphatic carbocycles. The smallest absolute Gasteiger partial charge is 0.323 e. The Morgan fingerprint density at radius 2 is 1.47 bits per heavy atom. The Balaban J connectivity index is 2.90. The van der Waals surface area contributed by atoms with E-state index in [1.165, 1.54) is 12.1 Å². The molecule has 0 aliphatic heterocycles. The minimum atomic E-state index is -1.01. The van der Waals surface area contributed by atoms with Gasteiger partial charge in [-0.05, 0) is 79.0 Å². The molecule has 0 spiro atoms. The van der Waals surface area contributed by atoms with Crippen LogP contribution in [0.15, 0.2) is 18.2 Å². The lowest BCUT2D eigenvalue weighted by Gasteiger charge is -2.21. The molecule has 9 nitrogen and oxygen atoms in total. The van der Waals surface area contributed by atoms with Crippen molar-refractivity contribution >= 4 is 23.9 Å². The predicted octanol–water partition coefficient (Wildman–Crippen LogP) is 4.12. The van der Waals surface area contributed by atoms with Gasteiger partial charge in [-0.25, -0.2) is 0 Å². The van der Waals surface area contributed by atoms with E-state index in [0.29, 0.717) is 12.0 Å². The van der Waals surface area contributed by atoms with Crippen LogP contribution in [-0.2, 0) is 35.1 Å². The van der Waals surface area contributed by atoms with Crippen molar-refractivity contribution in [1.29, 1.82) is 0 Å². The molecule has 0 heterocycles. The lowest BCUT2D eigenvalue weighted by atomic mass is 9.97. The number of benzene rings is 1. The maximum atomic E-state index is 12.5. The van der Waals surface area contributed by atoms with Crippen LogP contribution < -0.4 is 15.2 Å². The molecular formula is C27H41NO8. The summed E-state index contributed by atoms with van der Waals surface area (Å²) in [6, 6.07) is 3.63. The highest BCUT2D eigenvalue weighted by molar-refractivity contribution is 5.81. The summed E-state index contributed by atoms with van der Waals surface area (Å²) < 4.78 is 21.4. The van der Waals surface area contributed by atoms with Crippen LogP contribution in [0.3, 0.4) is 0 Å². The maximum absolute atomic E-state index is 12.5. The Hall–Kier alpha value is -2.94. The van der Waals surface area contributed by atoms with Gasteiger partial charge in [0.2, 0.25) is 0 Å². The van der Waals surface area contributed by atoms with Gasteiger partial charge in [0.1, 0.15) is 18.8 Å². The first-order chi connectivity index (χ1) is 16.5. The number of carbonyl (C=O) groups is 4. The fraction of sp³-hybridized carbons (Fsp3) is 0.630. The second kappa shape index (κ2) is 13.4. The molecule has 1 rings (SSSR count). The predicted molar refractivity (Wildman–Crippen MR) is 134 cm³/mol. The minimum absolute atomic E-state index is 0.0539. The highest BCUT2D eigenvalue weighted by Crippen LogP contribution is 2.33. The summed E-state index contributed by atoms with van der Waals surface area (Å²) in [6.07, 6.45) is 1.42. The maximum Gasteiger partial charge on any atom is 0.323 e. The van der Waals surface area contributed by atoms with E-state index in [4.69, 9.17) is 24.7 Å². The van der Waals surface area contributed by atoms with Crippen LogP contribution in [-0.4, -0.2) is 42.6 Å². The normalized spacial score (nSPS) is 13.4. The monoisotopic (exact) mass is 507 g/mol. The van der Waals surface area contributed by atoms with Crippen molar-refractivity contribution in [3.8, 4) is 11.5 Å². The number of carbonyl (C=O) groups excluding carboxylic acids is 4. The van der Waals surface area contributed by atoms with Crippen molar-refractivity contribution in [2.24, 2.45) is 16.6 Å². The van der Waals surface area contributed by atoms with Crippen molar-refractivity contribution in [2.45, 2.75) is 93.2 Å². The molecule has 202 valence electrons. The first kappa shape index (κ1) is 31.1. The Morgan fingerprint density at radius 1 is 0.917 bits per heavy atom. The fourth-order valence-corrected chi connectivity index (χ4v) is 2.63. The molecule has 0 saturated heterocycles. The van der Waals surface area contributed by atoms with E-state index in [1.54, 1.807) is 54.5 Å². The zero-order valence-corrected chi connectivity index (χ0v) is 22.8. The molecule has 0 radical (unpaired) electrons. The zero-order chi connectivity index (χ0) is 27.7. The van der Waals surface area contributed by atoms with Crippen molar-refractivity contribution in [3.63, 3.8) is 0 Å². The second-order valence-corrected chi connectivity index (χ2v) is 10.9. The fourth-order valence-electron chi connectivity index (χ4n) is 2.63. The van der Waals surface area contributed by atoms with Crippen LogP contribution >= 0.6 is 0 Å². The summed E-state index contributed by atoms with van der Waals surface area (Å²) in [5.41, 5.74) is 5.04. The summed E-state index contributed by atoms with van der Waals surface area (Å²) >= 11 is 0. The van der Waals surface area contributed by atoms with Gasteiger partial charge < -0.3 is 24.7 Å². The standard InChI is InChI=1S/C27H41NO8/c1-9-10-11-22(29)34-17(2)16-33-23(30)19(28)14-18-12-13-20(35-24(31)26(3,4)5)21(15-18)36-25(32)27(6,7)8/h12-13,15,17,19H,9-11,14,16,28H2,1-8H3/t17-,19-/m0/s1. The Bertz CT molecular complexity index is 927. The molecule has 0 aliphatic rings. The average Bonchev–Trinajstić information content (AvgIpc) is 2.76. The lowest BCUT2D eigenvalue weighted by Crippen LogP contribution is -2.36. The molecule has 1 aromatic carbocycles. The van der Waals surface area contributed by atoms with Crippen LogP contribution in [0, 0.1) is 10.8 Å². The summed E-state index contributed by atoms with van der Waals surface area (Å²) in [4.78, 5) is 49.0. The molecule has 9 heteroatoms. The van der Waals surface area contributed by atoms with Crippen LogP contribution in [0.25, 0.3) is 0 Å². The van der Waals surface area contributed by atoms with Gasteiger partial charge in [0.15, 0.2) is 11.5 Å². The second-order valence-electron chi connectivity index (χ2n) is 10.9. The molecule has 0 amide bonds. The van der Waals surface area contributed by atoms with Crippen molar-refractivity contribution in [1.82, 2.24) is 0 Å². The quantitative estimate of drug-likeness (QED) is 0.347. The van der Waals surface area contributed by atoms with Gasteiger partial charge in [-0.15, -0.1) is 0 Å². The van der Waals surface area contributed by atoms with Gasteiger partial charge in [0.05, 0.1) is 10.8 Å². The third kappa shape index (κ3) is 10.8. The van der Waals surface area contributed by atoms with Crippen molar-refractivity contribution in [3.05, 3.63) is 23.8 Å². The summed E-state index contributed by atoms with van der Waals surface area (Å²) in [6.45, 7) is 13.7. The number of hydrogen-bond acceptors (Lipinski definition) is 9. The molecule has 36 heavy (non-hydrogen) atoms. The first-order valence-corrected chi connectivity index (χ1v) is 12.2. The van der Waals surface area contributed by atoms with E-state index in [2.05, 4.69) is 0 Å². The highest BCUT2D eigenvalue weighted by Gasteiger charge is 2.28. The molecule has 0 aromatic heterocycles. The minimum Gasteiger partial charge on any atom is -0.461 e. The van der Waals surface area contributed by atoms with E-state index in [9.17, 15) is 19.2 Å². The van der Waals surface area contributed by atoms with Crippen LogP contribution in [0.5, 0.6) is 11.5 Å². The average molecular weight is 508 g/mol. The van der Waals surface area contributed by atoms with Crippen LogP contribution in [0.2, 0.25) is 0 Å². The SMILES string of the molecule is CCCCC(=O)O[C@@H](C)COC(=O)[C@@H](N)Cc1ccc(OC(=O)C(C)(C)C)c(OC(=O)C(C)(C)C)c1. The van der Waals surface area contributed by atoms with Gasteiger partial charge in [-0.1, -0.05) is 19.4 Å². The third-order valence-corrected chi connectivity index (χ3v) is 4.92. The first-order valence-electron chi connectivity index (χ1n) is 12.2. The van der Waals surface area contributed by atoms with Gasteiger partial charge in [0.25, 0.3) is 0 Å². The highest BCUT2D eigenvalue weighted by atomic mass is 16.6. The van der Waals surface area contributed by atoms with Crippen LogP contribution in [0.1, 0.15) is 80.2 Å². The Labute approximate surface area is 214 Å². The lowest BCUT2D eigenvalue weighted by molar-refractivity contribution is -0.158. The van der Waals surface area contributed by atoms with Gasteiger partial charge in [-0.3, -0.25) is 19.2 Å². The number of hydrogen-bond donors (Lipinski definition) is 1. The number of esters is 4. The topological polar surface area (TPSA) is 131 Å². The zero-order valence-electron chi connectivity index (χ0n) is 22.8. The van der Waals surface area contributed by atoms with Gasteiger partial charge in [-0.2, -0.15) is 0 Å². The van der Waals surface area contributed by atoms with Gasteiger partial charge >= 0.3 is 23.9 Å². The molecule has 2 atom stereocenters. The van der Waals surface area contributed by atoms with E-state index in [0.717, 1.165) is 12.8 Å². The summed E-state index contributed by atoms with van der Waals surface area (Å²) in [5, 5.41) is 0. The molecule has 1 aromatic rings. The number of rotatable bonds is 11. The number of unbranched alkanes of at least 4 members (excludes halogenated alkanes) is 1. The summed E-state index contributed by atoms with van der Waals surface area (Å²) in [5.74, 6) is -1.87. The number of nitrogens with two attached hydrogens (primary N) is 1. The van der Waals surface area contributed by atoms with E-state index in [-0.39, 0.29) is 30.5 Å². The third-order valence-electron chi connectivity index (χ3n) is 4.92. The van der Waals surface area contributed by atoms with Crippen molar-refractivity contribution in [2.75, 3.05) is 6.61 Å². The molecule has 0 fully saturated rings. The van der Waals surface area contributed by atoms with Crippen LogP contribution in [0.4, 0.5) is 0 Å². The molecule has 0 saturated carbocycles. The largest absolute Gasteiger partial charge is 0.461 e. The Morgan fingerprint density at radius 3 is 2.00 bits per heavy atom. The van der Waals surface area contributed by atoms with E-state index >= 15 is 0 Å². The molecule has 0 bridgehead atoms. The molecule has 0 unspecified atom stereocenters. The van der Waals surface area contributed by atoms with E-state index < -0.39 is 40.9 Å². The van der Waals surface area contributed by atoms with Crippen molar-refractivity contribution < 1.29 is 38.1 Å². The van der Waals surface area contributed by atoms with Gasteiger partial charge in [0, 0.05) is 6.42 Å². The Kier molecular flexibility index (Phi) is 11.6. The summed E-state index contributed by atoms with van der Waals surface area (Å²) in [7, 11) is 0. The number of ether oxygens (including phenoxy) is 4. The molecular weight excluding hydrogens is 466 g/mol.